The highest BCUT2D eigenvalue weighted by atomic mass is 16.3. The number of carbonyl (C=O) groups excluding carboxylic acids is 2. The summed E-state index contributed by atoms with van der Waals surface area (Å²) in [4.78, 5) is 27.0. The van der Waals surface area contributed by atoms with E-state index in [2.05, 4.69) is 79.4 Å². The van der Waals surface area contributed by atoms with Crippen LogP contribution in [0.2, 0.25) is 0 Å². The lowest BCUT2D eigenvalue weighted by Crippen LogP contribution is -2.67. The van der Waals surface area contributed by atoms with E-state index in [4.69, 9.17) is 0 Å². The van der Waals surface area contributed by atoms with E-state index in [9.17, 15) is 14.7 Å². The van der Waals surface area contributed by atoms with Crippen LogP contribution in [0.4, 0.5) is 5.69 Å². The van der Waals surface area contributed by atoms with Gasteiger partial charge in [0, 0.05) is 24.2 Å². The number of anilines is 1. The molecule has 0 saturated heterocycles. The third-order valence-electron chi connectivity index (χ3n) is 17.2. The molecule has 1 aromatic heterocycles. The van der Waals surface area contributed by atoms with Crippen molar-refractivity contribution < 1.29 is 14.7 Å². The van der Waals surface area contributed by atoms with Crippen molar-refractivity contribution in [3.05, 3.63) is 36.4 Å². The van der Waals surface area contributed by atoms with E-state index in [-0.39, 0.29) is 39.1 Å². The van der Waals surface area contributed by atoms with E-state index in [1.54, 1.807) is 0 Å². The van der Waals surface area contributed by atoms with Crippen LogP contribution in [0.25, 0.3) is 11.4 Å². The van der Waals surface area contributed by atoms with Crippen LogP contribution in [0.5, 0.6) is 0 Å². The highest BCUT2D eigenvalue weighted by Gasteiger charge is 2.71. The zero-order chi connectivity index (χ0) is 38.5. The lowest BCUT2D eigenvalue weighted by molar-refractivity contribution is -0.246. The summed E-state index contributed by atoms with van der Waals surface area (Å²) in [7, 11) is 0. The second-order valence-electron chi connectivity index (χ2n) is 19.9. The van der Waals surface area contributed by atoms with E-state index < -0.39 is 0 Å². The second-order valence-corrected chi connectivity index (χ2v) is 19.9. The van der Waals surface area contributed by atoms with Gasteiger partial charge in [0.15, 0.2) is 5.82 Å². The zero-order valence-electron chi connectivity index (χ0n) is 34.1. The average Bonchev–Trinajstić information content (AvgIpc) is 3.82. The maximum Gasteiger partial charge on any atom is 0.226 e. The minimum Gasteiger partial charge on any atom is -0.393 e. The Balaban J connectivity index is 0.913. The number of hydrogen-bond donors (Lipinski definition) is 4. The molecular weight excluding hydrogens is 673 g/mol. The number of unbranched alkanes of at least 4 members (excludes halogenated alkanes) is 4. The molecule has 4 N–H and O–H groups in total. The number of amides is 2. The molecule has 1 unspecified atom stereocenters. The molecule has 1 heterocycles. The molecule has 7 rings (SSSR count). The number of nitrogens with one attached hydrogen (secondary N) is 3. The standard InChI is InChI=1S/C45H68N6O3/c1-29(2)32-20-25-45(40(54)46-28-12-10-8-9-11-13-37(53)47-31-16-14-30(15-17-31)39-48-50-51-49-39)27-26-43(6)33(38(32)45)18-19-35-42(5)23-22-36(52)41(3,4)34(42)21-24-44(35,43)7/h14-17,32-36,38,52H,1,8-13,18-28H2,2-7H3,(H,46,54)(H,47,53)(H,48,49,50,51)/t32-,33+,34-,35?,36-,38+,42-,43+,44+,45-/m0/s1. The summed E-state index contributed by atoms with van der Waals surface area (Å²) in [5.74, 6) is 3.50. The van der Waals surface area contributed by atoms with Gasteiger partial charge in [0.05, 0.1) is 11.5 Å². The molecule has 5 aliphatic carbocycles. The van der Waals surface area contributed by atoms with Gasteiger partial charge >= 0.3 is 0 Å². The van der Waals surface area contributed by atoms with Gasteiger partial charge in [0.1, 0.15) is 0 Å². The predicted molar refractivity (Wildman–Crippen MR) is 214 cm³/mol. The SMILES string of the molecule is C=C(C)[C@@H]1CC[C@]2(C(=O)NCCCCCCCC(=O)Nc3ccc(-c4nnn[nH]4)cc3)CC[C@]3(C)[C@H](CCC4[C@@]5(C)CC[C@H](O)C(C)(C)[C@@H]5CC[C@]43C)[C@@H]12. The molecule has 5 saturated carbocycles. The number of aliphatic hydroxyl groups excluding tert-OH is 1. The molecule has 1 aromatic carbocycles. The predicted octanol–water partition coefficient (Wildman–Crippen LogP) is 9.28. The Morgan fingerprint density at radius 1 is 0.852 bits per heavy atom. The average molecular weight is 741 g/mol. The van der Waals surface area contributed by atoms with Crippen molar-refractivity contribution in [1.29, 1.82) is 0 Å². The third-order valence-corrected chi connectivity index (χ3v) is 17.2. The van der Waals surface area contributed by atoms with Crippen molar-refractivity contribution in [1.82, 2.24) is 25.9 Å². The number of benzene rings is 1. The van der Waals surface area contributed by atoms with Gasteiger partial charge in [0.2, 0.25) is 11.8 Å². The fourth-order valence-corrected chi connectivity index (χ4v) is 14.1. The van der Waals surface area contributed by atoms with Gasteiger partial charge in [0.25, 0.3) is 0 Å². The number of tetrazole rings is 1. The first kappa shape index (κ1) is 39.2. The van der Waals surface area contributed by atoms with Crippen LogP contribution in [-0.2, 0) is 9.59 Å². The fourth-order valence-electron chi connectivity index (χ4n) is 14.1. The molecule has 2 amide bonds. The first-order chi connectivity index (χ1) is 25.7. The number of H-pyrrole nitrogens is 1. The molecule has 296 valence electrons. The lowest BCUT2D eigenvalue weighted by Gasteiger charge is -2.72. The van der Waals surface area contributed by atoms with E-state index in [1.165, 1.54) is 31.3 Å². The minimum absolute atomic E-state index is 0.0282. The van der Waals surface area contributed by atoms with Crippen LogP contribution in [0.3, 0.4) is 0 Å². The van der Waals surface area contributed by atoms with Crippen molar-refractivity contribution >= 4 is 17.5 Å². The van der Waals surface area contributed by atoms with Crippen LogP contribution in [0.1, 0.15) is 144 Å². The molecular formula is C45H68N6O3. The molecule has 9 nitrogen and oxygen atoms in total. The topological polar surface area (TPSA) is 133 Å². The summed E-state index contributed by atoms with van der Waals surface area (Å²) in [5, 5.41) is 31.4. The molecule has 9 heteroatoms. The number of fused-ring (bicyclic) bond motifs is 7. The lowest BCUT2D eigenvalue weighted by atomic mass is 9.32. The molecule has 0 spiro atoms. The monoisotopic (exact) mass is 741 g/mol. The second kappa shape index (κ2) is 14.8. The Kier molecular flexibility index (Phi) is 10.7. The molecule has 2 aromatic rings. The molecule has 54 heavy (non-hydrogen) atoms. The van der Waals surface area contributed by atoms with E-state index >= 15 is 0 Å². The first-order valence-electron chi connectivity index (χ1n) is 21.4. The number of nitrogens with zero attached hydrogens (tertiary/aromatic N) is 3. The third kappa shape index (κ3) is 6.46. The van der Waals surface area contributed by atoms with Crippen LogP contribution in [0.15, 0.2) is 36.4 Å². The highest BCUT2D eigenvalue weighted by molar-refractivity contribution is 5.90. The van der Waals surface area contributed by atoms with Crippen molar-refractivity contribution in [2.75, 3.05) is 11.9 Å². The van der Waals surface area contributed by atoms with Crippen molar-refractivity contribution in [2.45, 2.75) is 150 Å². The summed E-state index contributed by atoms with van der Waals surface area (Å²) in [6, 6.07) is 7.49. The maximum atomic E-state index is 14.5. The van der Waals surface area contributed by atoms with Gasteiger partial charge in [-0.1, -0.05) is 66.0 Å². The maximum absolute atomic E-state index is 14.5. The molecule has 0 radical (unpaired) electrons. The molecule has 0 bridgehead atoms. The van der Waals surface area contributed by atoms with Crippen molar-refractivity contribution in [3.8, 4) is 11.4 Å². The summed E-state index contributed by atoms with van der Waals surface area (Å²) in [6.45, 7) is 20.1. The van der Waals surface area contributed by atoms with Gasteiger partial charge in [-0.15, -0.1) is 5.10 Å². The molecule has 10 atom stereocenters. The van der Waals surface area contributed by atoms with Crippen LogP contribution < -0.4 is 10.6 Å². The number of aromatic nitrogens is 4. The number of aromatic amines is 1. The van der Waals surface area contributed by atoms with Crippen LogP contribution in [0, 0.1) is 56.7 Å². The summed E-state index contributed by atoms with van der Waals surface area (Å²) in [6.07, 6.45) is 16.5. The number of rotatable bonds is 12. The van der Waals surface area contributed by atoms with Crippen molar-refractivity contribution in [2.24, 2.45) is 56.7 Å². The number of carbonyl (C=O) groups is 2. The summed E-state index contributed by atoms with van der Waals surface area (Å²) < 4.78 is 0. The van der Waals surface area contributed by atoms with E-state index in [0.717, 1.165) is 88.4 Å². The van der Waals surface area contributed by atoms with Gasteiger partial charge in [-0.3, -0.25) is 9.59 Å². The van der Waals surface area contributed by atoms with Gasteiger partial charge < -0.3 is 15.7 Å². The fraction of sp³-hybridized carbons (Fsp3) is 0.756. The van der Waals surface area contributed by atoms with Gasteiger partial charge in [-0.2, -0.15) is 0 Å². The largest absolute Gasteiger partial charge is 0.393 e. The number of hydrogen-bond acceptors (Lipinski definition) is 6. The van der Waals surface area contributed by atoms with E-state index in [0.29, 0.717) is 47.7 Å². The first-order valence-corrected chi connectivity index (χ1v) is 21.4. The van der Waals surface area contributed by atoms with Crippen LogP contribution >= 0.6 is 0 Å². The Morgan fingerprint density at radius 2 is 1.59 bits per heavy atom. The van der Waals surface area contributed by atoms with Crippen LogP contribution in [-0.4, -0.2) is 50.2 Å². The van der Waals surface area contributed by atoms with Crippen molar-refractivity contribution in [3.63, 3.8) is 0 Å². The number of allylic oxidation sites excluding steroid dienone is 1. The number of aliphatic hydroxyl groups is 1. The molecule has 5 fully saturated rings. The molecule has 5 aliphatic rings. The Bertz CT molecular complexity index is 1670. The van der Waals surface area contributed by atoms with Gasteiger partial charge in [-0.25, -0.2) is 5.10 Å². The van der Waals surface area contributed by atoms with E-state index in [1.807, 2.05) is 24.3 Å². The van der Waals surface area contributed by atoms with Gasteiger partial charge in [-0.05, 0) is 170 Å². The Morgan fingerprint density at radius 3 is 2.31 bits per heavy atom. The zero-order valence-corrected chi connectivity index (χ0v) is 34.1. The highest BCUT2D eigenvalue weighted by Crippen LogP contribution is 2.77. The summed E-state index contributed by atoms with van der Waals surface area (Å²) in [5.41, 5.74) is 3.30. The molecule has 0 aliphatic heterocycles. The minimum atomic E-state index is -0.282. The Labute approximate surface area is 324 Å². The normalized spacial score (nSPS) is 38.0. The smallest absolute Gasteiger partial charge is 0.226 e. The Hall–Kier alpha value is -3.07. The summed E-state index contributed by atoms with van der Waals surface area (Å²) >= 11 is 0. The quantitative estimate of drug-likeness (QED) is 0.127.